The van der Waals surface area contributed by atoms with Crippen molar-refractivity contribution in [1.82, 2.24) is 5.32 Å². The van der Waals surface area contributed by atoms with Crippen molar-refractivity contribution in [3.63, 3.8) is 0 Å². The molecule has 0 aliphatic heterocycles. The molecule has 0 bridgehead atoms. The van der Waals surface area contributed by atoms with Gasteiger partial charge in [0.1, 0.15) is 0 Å². The molecule has 0 fully saturated rings. The molecule has 0 radical (unpaired) electrons. The molecular formula is C16H25NO. The van der Waals surface area contributed by atoms with Crippen molar-refractivity contribution in [2.45, 2.75) is 51.9 Å². The SMILES string of the molecule is CCCC(CC(=O)NC)c1ccc(C(C)C)cc1. The maximum Gasteiger partial charge on any atom is 0.220 e. The molecule has 2 nitrogen and oxygen atoms in total. The molecule has 1 aromatic carbocycles. The molecule has 1 unspecified atom stereocenters. The van der Waals surface area contributed by atoms with Crippen LogP contribution in [-0.2, 0) is 4.79 Å². The third-order valence-electron chi connectivity index (χ3n) is 3.42. The summed E-state index contributed by atoms with van der Waals surface area (Å²) in [6.07, 6.45) is 2.76. The third-order valence-corrected chi connectivity index (χ3v) is 3.42. The Hall–Kier alpha value is -1.31. The lowest BCUT2D eigenvalue weighted by Crippen LogP contribution is -2.20. The lowest BCUT2D eigenvalue weighted by Gasteiger charge is -2.16. The van der Waals surface area contributed by atoms with Crippen LogP contribution in [0.5, 0.6) is 0 Å². The molecule has 0 aliphatic carbocycles. The zero-order valence-electron chi connectivity index (χ0n) is 12.0. The highest BCUT2D eigenvalue weighted by atomic mass is 16.1. The summed E-state index contributed by atoms with van der Waals surface area (Å²) in [4.78, 5) is 11.5. The third kappa shape index (κ3) is 4.17. The fraction of sp³-hybridized carbons (Fsp3) is 0.562. The van der Waals surface area contributed by atoms with Gasteiger partial charge >= 0.3 is 0 Å². The summed E-state index contributed by atoms with van der Waals surface area (Å²) in [5.74, 6) is 1.03. The van der Waals surface area contributed by atoms with E-state index in [1.807, 2.05) is 0 Å². The molecule has 0 aromatic heterocycles. The number of hydrogen-bond acceptors (Lipinski definition) is 1. The van der Waals surface area contributed by atoms with Gasteiger partial charge < -0.3 is 5.32 Å². The zero-order chi connectivity index (χ0) is 13.5. The molecule has 1 atom stereocenters. The van der Waals surface area contributed by atoms with Crippen LogP contribution in [0.2, 0.25) is 0 Å². The van der Waals surface area contributed by atoms with Crippen LogP contribution in [0.15, 0.2) is 24.3 Å². The maximum absolute atomic E-state index is 11.5. The first kappa shape index (κ1) is 14.7. The summed E-state index contributed by atoms with van der Waals surface area (Å²) in [6.45, 7) is 6.56. The van der Waals surface area contributed by atoms with E-state index in [-0.39, 0.29) is 5.91 Å². The fourth-order valence-corrected chi connectivity index (χ4v) is 2.21. The predicted molar refractivity (Wildman–Crippen MR) is 76.9 cm³/mol. The highest BCUT2D eigenvalue weighted by Gasteiger charge is 2.14. The van der Waals surface area contributed by atoms with Crippen LogP contribution >= 0.6 is 0 Å². The Balaban J connectivity index is 2.81. The highest BCUT2D eigenvalue weighted by Crippen LogP contribution is 2.26. The molecule has 1 rings (SSSR count). The minimum atomic E-state index is 0.126. The lowest BCUT2D eigenvalue weighted by atomic mass is 9.89. The van der Waals surface area contributed by atoms with Crippen LogP contribution < -0.4 is 5.32 Å². The van der Waals surface area contributed by atoms with Crippen LogP contribution in [0.25, 0.3) is 0 Å². The van der Waals surface area contributed by atoms with Gasteiger partial charge in [-0.15, -0.1) is 0 Å². The molecule has 0 aliphatic rings. The highest BCUT2D eigenvalue weighted by molar-refractivity contribution is 5.76. The summed E-state index contributed by atoms with van der Waals surface area (Å²) < 4.78 is 0. The van der Waals surface area contributed by atoms with Gasteiger partial charge in [-0.25, -0.2) is 0 Å². The maximum atomic E-state index is 11.5. The van der Waals surface area contributed by atoms with E-state index < -0.39 is 0 Å². The van der Waals surface area contributed by atoms with E-state index in [0.717, 1.165) is 12.8 Å². The molecule has 0 heterocycles. The van der Waals surface area contributed by atoms with E-state index >= 15 is 0 Å². The van der Waals surface area contributed by atoms with Gasteiger partial charge in [0, 0.05) is 13.5 Å². The number of carbonyl (C=O) groups is 1. The summed E-state index contributed by atoms with van der Waals surface area (Å²) in [5.41, 5.74) is 2.64. The molecule has 1 amide bonds. The minimum Gasteiger partial charge on any atom is -0.359 e. The van der Waals surface area contributed by atoms with Crippen molar-refractivity contribution in [3.8, 4) is 0 Å². The molecule has 0 saturated heterocycles. The summed E-state index contributed by atoms with van der Waals surface area (Å²) in [5, 5.41) is 2.71. The fourth-order valence-electron chi connectivity index (χ4n) is 2.21. The van der Waals surface area contributed by atoms with Gasteiger partial charge in [-0.2, -0.15) is 0 Å². The van der Waals surface area contributed by atoms with Crippen molar-refractivity contribution >= 4 is 5.91 Å². The van der Waals surface area contributed by atoms with E-state index in [4.69, 9.17) is 0 Å². The van der Waals surface area contributed by atoms with Gasteiger partial charge in [0.05, 0.1) is 0 Å². The summed E-state index contributed by atoms with van der Waals surface area (Å²) >= 11 is 0. The Kier molecular flexibility index (Phi) is 5.90. The van der Waals surface area contributed by atoms with Crippen molar-refractivity contribution in [2.75, 3.05) is 7.05 Å². The van der Waals surface area contributed by atoms with Crippen LogP contribution in [-0.4, -0.2) is 13.0 Å². The number of carbonyl (C=O) groups excluding carboxylic acids is 1. The number of benzene rings is 1. The van der Waals surface area contributed by atoms with E-state index in [0.29, 0.717) is 18.3 Å². The van der Waals surface area contributed by atoms with E-state index in [1.165, 1.54) is 11.1 Å². The number of rotatable bonds is 6. The Morgan fingerprint density at radius 3 is 2.17 bits per heavy atom. The number of amides is 1. The predicted octanol–water partition coefficient (Wildman–Crippen LogP) is 3.83. The average Bonchev–Trinajstić information content (AvgIpc) is 2.38. The topological polar surface area (TPSA) is 29.1 Å². The van der Waals surface area contributed by atoms with E-state index in [9.17, 15) is 4.79 Å². The Morgan fingerprint density at radius 2 is 1.72 bits per heavy atom. The molecular weight excluding hydrogens is 222 g/mol. The van der Waals surface area contributed by atoms with Crippen molar-refractivity contribution in [2.24, 2.45) is 0 Å². The van der Waals surface area contributed by atoms with E-state index in [2.05, 4.69) is 50.4 Å². The number of hydrogen-bond donors (Lipinski definition) is 1. The van der Waals surface area contributed by atoms with Gasteiger partial charge in [0.25, 0.3) is 0 Å². The zero-order valence-corrected chi connectivity index (χ0v) is 12.0. The Morgan fingerprint density at radius 1 is 1.17 bits per heavy atom. The molecule has 2 heteroatoms. The minimum absolute atomic E-state index is 0.126. The molecule has 1 N–H and O–H groups in total. The van der Waals surface area contributed by atoms with Crippen LogP contribution in [0.1, 0.15) is 63.0 Å². The average molecular weight is 247 g/mol. The molecule has 100 valence electrons. The number of nitrogens with one attached hydrogen (secondary N) is 1. The first-order valence-electron chi connectivity index (χ1n) is 6.88. The Labute approximate surface area is 111 Å². The second kappa shape index (κ2) is 7.20. The van der Waals surface area contributed by atoms with Crippen LogP contribution in [0.4, 0.5) is 0 Å². The molecule has 1 aromatic rings. The van der Waals surface area contributed by atoms with Gasteiger partial charge in [-0.1, -0.05) is 51.5 Å². The molecule has 0 saturated carbocycles. The second-order valence-electron chi connectivity index (χ2n) is 5.18. The van der Waals surface area contributed by atoms with Gasteiger partial charge in [0.2, 0.25) is 5.91 Å². The van der Waals surface area contributed by atoms with Gasteiger partial charge in [-0.3, -0.25) is 4.79 Å². The second-order valence-corrected chi connectivity index (χ2v) is 5.18. The van der Waals surface area contributed by atoms with Crippen LogP contribution in [0.3, 0.4) is 0 Å². The molecule has 18 heavy (non-hydrogen) atoms. The van der Waals surface area contributed by atoms with E-state index in [1.54, 1.807) is 7.05 Å². The smallest absolute Gasteiger partial charge is 0.220 e. The van der Waals surface area contributed by atoms with Crippen molar-refractivity contribution in [1.29, 1.82) is 0 Å². The van der Waals surface area contributed by atoms with Crippen LogP contribution in [0, 0.1) is 0 Å². The quantitative estimate of drug-likeness (QED) is 0.813. The van der Waals surface area contributed by atoms with Gasteiger partial charge in [0.15, 0.2) is 0 Å². The molecule has 0 spiro atoms. The summed E-state index contributed by atoms with van der Waals surface area (Å²) in [6, 6.07) is 8.73. The monoisotopic (exact) mass is 247 g/mol. The first-order chi connectivity index (χ1) is 8.58. The standard InChI is InChI=1S/C16H25NO/c1-5-6-15(11-16(18)17-4)14-9-7-13(8-10-14)12(2)3/h7-10,12,15H,5-6,11H2,1-4H3,(H,17,18). The van der Waals surface area contributed by atoms with Crippen molar-refractivity contribution in [3.05, 3.63) is 35.4 Å². The largest absolute Gasteiger partial charge is 0.359 e. The van der Waals surface area contributed by atoms with Gasteiger partial charge in [-0.05, 0) is 29.4 Å². The summed E-state index contributed by atoms with van der Waals surface area (Å²) in [7, 11) is 1.70. The van der Waals surface area contributed by atoms with Crippen molar-refractivity contribution < 1.29 is 4.79 Å². The first-order valence-corrected chi connectivity index (χ1v) is 6.88. The normalized spacial score (nSPS) is 12.5. The lowest BCUT2D eigenvalue weighted by molar-refractivity contribution is -0.121. The Bertz CT molecular complexity index is 367.